The quantitative estimate of drug-likeness (QED) is 0.219. The van der Waals surface area contributed by atoms with Crippen LogP contribution in [-0.2, 0) is 11.8 Å². The lowest BCUT2D eigenvalue weighted by Gasteiger charge is -2.24. The van der Waals surface area contributed by atoms with Crippen LogP contribution in [0.4, 0.5) is 5.69 Å². The summed E-state index contributed by atoms with van der Waals surface area (Å²) >= 11 is 0. The largest absolute Gasteiger partial charge is 0.506 e. The number of fused-ring (bicyclic) bond motifs is 2. The van der Waals surface area contributed by atoms with Gasteiger partial charge in [-0.25, -0.2) is 0 Å². The fraction of sp³-hybridized carbons (Fsp3) is 0.0588. The number of carbonyl (C=O) groups is 1. The van der Waals surface area contributed by atoms with Gasteiger partial charge in [0.2, 0.25) is 17.2 Å². The van der Waals surface area contributed by atoms with Crippen molar-refractivity contribution in [1.82, 2.24) is 4.57 Å². The lowest BCUT2D eigenvalue weighted by molar-refractivity contribution is -0.400. The highest BCUT2D eigenvalue weighted by Gasteiger charge is 2.46. The number of aryl methyl sites for hydroxylation is 1. The van der Waals surface area contributed by atoms with E-state index < -0.39 is 0 Å². The molecule has 1 aliphatic heterocycles. The van der Waals surface area contributed by atoms with Crippen molar-refractivity contribution in [2.75, 3.05) is 7.05 Å². The molecule has 0 atom stereocenters. The minimum atomic E-state index is -0.135. The molecular weight excluding hydrogens is 468 g/mol. The zero-order valence-electron chi connectivity index (χ0n) is 21.1. The molecule has 4 nitrogen and oxygen atoms in total. The van der Waals surface area contributed by atoms with E-state index in [0.717, 1.165) is 55.8 Å². The number of rotatable bonds is 3. The molecule has 0 saturated heterocycles. The molecule has 0 amide bonds. The summed E-state index contributed by atoms with van der Waals surface area (Å²) < 4.78 is 4.22. The van der Waals surface area contributed by atoms with Crippen molar-refractivity contribution in [1.29, 1.82) is 0 Å². The summed E-state index contributed by atoms with van der Waals surface area (Å²) in [6, 6.07) is 36.2. The van der Waals surface area contributed by atoms with Gasteiger partial charge in [0.15, 0.2) is 0 Å². The first-order valence-corrected chi connectivity index (χ1v) is 12.7. The summed E-state index contributed by atoms with van der Waals surface area (Å²) in [6.07, 6.45) is 0. The summed E-state index contributed by atoms with van der Waals surface area (Å²) in [5.41, 5.74) is 9.12. The Hall–Kier alpha value is -4.96. The van der Waals surface area contributed by atoms with Gasteiger partial charge in [-0.15, -0.1) is 0 Å². The zero-order valence-corrected chi connectivity index (χ0v) is 21.1. The van der Waals surface area contributed by atoms with Crippen molar-refractivity contribution in [2.45, 2.75) is 0 Å². The number of nitrogens with zero attached hydrogens (tertiary/aromatic N) is 2. The summed E-state index contributed by atoms with van der Waals surface area (Å²) in [5, 5.41) is 12.7. The van der Waals surface area contributed by atoms with E-state index in [0.29, 0.717) is 11.1 Å². The number of aromatic nitrogens is 1. The smallest absolute Gasteiger partial charge is 0.221 e. The van der Waals surface area contributed by atoms with E-state index >= 15 is 0 Å². The number of Topliss-reactive ketones (excluding diaryl/α,β-unsaturated/α-hetero) is 1. The van der Waals surface area contributed by atoms with Crippen LogP contribution < -0.4 is 0 Å². The highest BCUT2D eigenvalue weighted by Crippen LogP contribution is 2.49. The minimum Gasteiger partial charge on any atom is -0.506 e. The molecule has 0 unspecified atom stereocenters. The summed E-state index contributed by atoms with van der Waals surface area (Å²) in [6.45, 7) is 0. The highest BCUT2D eigenvalue weighted by atomic mass is 16.3. The molecule has 4 aromatic carbocycles. The fourth-order valence-electron chi connectivity index (χ4n) is 6.03. The molecule has 1 N–H and O–H groups in total. The van der Waals surface area contributed by atoms with Gasteiger partial charge in [-0.05, 0) is 29.8 Å². The van der Waals surface area contributed by atoms with Crippen LogP contribution in [0.2, 0.25) is 0 Å². The third-order valence-electron chi connectivity index (χ3n) is 7.74. The predicted molar refractivity (Wildman–Crippen MR) is 153 cm³/mol. The Morgan fingerprint density at radius 3 is 2.00 bits per heavy atom. The van der Waals surface area contributed by atoms with E-state index in [1.807, 2.05) is 111 Å². The van der Waals surface area contributed by atoms with Crippen molar-refractivity contribution in [3.63, 3.8) is 0 Å². The normalized spacial score (nSPS) is 16.8. The molecule has 0 bridgehead atoms. The van der Waals surface area contributed by atoms with Gasteiger partial charge in [-0.3, -0.25) is 4.79 Å². The van der Waals surface area contributed by atoms with Crippen LogP contribution in [0.25, 0.3) is 33.3 Å². The molecule has 0 saturated carbocycles. The molecule has 4 heteroatoms. The van der Waals surface area contributed by atoms with Gasteiger partial charge in [0.05, 0.1) is 28.0 Å². The van der Waals surface area contributed by atoms with Crippen LogP contribution in [0.3, 0.4) is 0 Å². The second-order valence-corrected chi connectivity index (χ2v) is 9.76. The van der Waals surface area contributed by atoms with Gasteiger partial charge >= 0.3 is 0 Å². The molecule has 7 rings (SSSR count). The SMILES string of the molecule is Cn1c(-c2ccccc2)c(C2=C(O)C(=C3C(c4ccccc4)=[N+](C)c4ccccc43)C2=O)c2ccccc21. The van der Waals surface area contributed by atoms with Crippen molar-refractivity contribution in [3.8, 4) is 11.3 Å². The van der Waals surface area contributed by atoms with Crippen molar-refractivity contribution in [3.05, 3.63) is 137 Å². The Morgan fingerprint density at radius 1 is 0.684 bits per heavy atom. The molecule has 0 spiro atoms. The van der Waals surface area contributed by atoms with Crippen LogP contribution in [0, 0.1) is 0 Å². The van der Waals surface area contributed by atoms with Crippen molar-refractivity contribution >= 4 is 39.2 Å². The summed E-state index contributed by atoms with van der Waals surface area (Å²) in [4.78, 5) is 14.2. The average molecular weight is 494 g/mol. The number of ketones is 1. The maximum atomic E-state index is 14.2. The summed E-state index contributed by atoms with van der Waals surface area (Å²) in [5.74, 6) is -0.0818. The Labute approximate surface area is 220 Å². The molecule has 5 aromatic rings. The number of hydrogen-bond donors (Lipinski definition) is 1. The first-order valence-electron chi connectivity index (χ1n) is 12.7. The first-order chi connectivity index (χ1) is 18.6. The third-order valence-corrected chi connectivity index (χ3v) is 7.74. The molecular formula is C34H25N2O2+. The Morgan fingerprint density at radius 2 is 1.29 bits per heavy atom. The number of aliphatic hydroxyl groups is 1. The highest BCUT2D eigenvalue weighted by molar-refractivity contribution is 6.49. The standard InChI is InChI=1S/C34H24N2O2/c1-35-25-19-11-9-17-23(25)27(31(35)21-13-5-3-6-14-21)29-33(37)30(34(29)38)28-24-18-10-12-20-26(24)36(2)32(28)22-15-7-4-8-16-22/h3-20H,1-2H3/p+1. The van der Waals surface area contributed by atoms with E-state index in [9.17, 15) is 9.90 Å². The molecule has 1 aromatic heterocycles. The average Bonchev–Trinajstić information content (AvgIpc) is 3.41. The third kappa shape index (κ3) is 2.97. The van der Waals surface area contributed by atoms with E-state index in [2.05, 4.69) is 21.3 Å². The second-order valence-electron chi connectivity index (χ2n) is 9.76. The lowest BCUT2D eigenvalue weighted by atomic mass is 9.77. The van der Waals surface area contributed by atoms with Crippen LogP contribution in [0.1, 0.15) is 16.7 Å². The maximum Gasteiger partial charge on any atom is 0.221 e. The van der Waals surface area contributed by atoms with Crippen LogP contribution in [0.15, 0.2) is 121 Å². The molecule has 0 fully saturated rings. The first kappa shape index (κ1) is 22.3. The number of hydrogen-bond acceptors (Lipinski definition) is 2. The Bertz CT molecular complexity index is 1890. The zero-order chi connectivity index (χ0) is 26.0. The lowest BCUT2D eigenvalue weighted by Crippen LogP contribution is -2.25. The topological polar surface area (TPSA) is 45.2 Å². The van der Waals surface area contributed by atoms with Gasteiger partial charge in [-0.1, -0.05) is 78.9 Å². The van der Waals surface area contributed by atoms with Crippen molar-refractivity contribution < 1.29 is 14.5 Å². The number of para-hydroxylation sites is 2. The van der Waals surface area contributed by atoms with E-state index in [-0.39, 0.29) is 11.5 Å². The monoisotopic (exact) mass is 493 g/mol. The van der Waals surface area contributed by atoms with Gasteiger partial charge in [0.25, 0.3) is 0 Å². The van der Waals surface area contributed by atoms with Gasteiger partial charge in [0, 0.05) is 35.1 Å². The fourth-order valence-corrected chi connectivity index (χ4v) is 6.03. The predicted octanol–water partition coefficient (Wildman–Crippen LogP) is 6.93. The van der Waals surface area contributed by atoms with E-state index in [4.69, 9.17) is 0 Å². The second kappa shape index (κ2) is 8.29. The van der Waals surface area contributed by atoms with E-state index in [1.165, 1.54) is 0 Å². The van der Waals surface area contributed by atoms with Crippen LogP contribution in [-0.4, -0.2) is 32.8 Å². The summed E-state index contributed by atoms with van der Waals surface area (Å²) in [7, 11) is 4.02. The van der Waals surface area contributed by atoms with Crippen LogP contribution in [0.5, 0.6) is 0 Å². The number of aliphatic hydroxyl groups excluding tert-OH is 1. The molecule has 2 aliphatic rings. The Kier molecular flexibility index (Phi) is 4.85. The van der Waals surface area contributed by atoms with Gasteiger partial charge in [0.1, 0.15) is 12.8 Å². The maximum absolute atomic E-state index is 14.2. The van der Waals surface area contributed by atoms with Crippen LogP contribution >= 0.6 is 0 Å². The molecule has 2 heterocycles. The van der Waals surface area contributed by atoms with Gasteiger partial charge < -0.3 is 9.67 Å². The van der Waals surface area contributed by atoms with E-state index in [1.54, 1.807) is 0 Å². The number of benzene rings is 4. The molecule has 182 valence electrons. The molecule has 0 radical (unpaired) electrons. The number of carbonyl (C=O) groups excluding carboxylic acids is 1. The number of allylic oxidation sites excluding steroid dienone is 3. The Balaban J connectivity index is 1.53. The molecule has 38 heavy (non-hydrogen) atoms. The van der Waals surface area contributed by atoms with Crippen molar-refractivity contribution in [2.24, 2.45) is 7.05 Å². The molecule has 1 aliphatic carbocycles. The van der Waals surface area contributed by atoms with Gasteiger partial charge in [-0.2, -0.15) is 4.58 Å². The minimum absolute atomic E-state index is 0.0528.